The van der Waals surface area contributed by atoms with Crippen molar-refractivity contribution in [2.45, 2.75) is 12.8 Å². The fraction of sp³-hybridized carbons (Fsp3) is 0.182. The van der Waals surface area contributed by atoms with Crippen LogP contribution in [0.1, 0.15) is 12.0 Å². The molecule has 0 saturated heterocycles. The number of benzene rings is 1. The molecule has 0 fully saturated rings. The molecule has 6 heteroatoms. The van der Waals surface area contributed by atoms with E-state index in [1.165, 1.54) is 0 Å². The van der Waals surface area contributed by atoms with Gasteiger partial charge in [0.1, 0.15) is 0 Å². The zero-order valence-corrected chi connectivity index (χ0v) is 8.95. The molecule has 0 bridgehead atoms. The number of anilines is 2. The van der Waals surface area contributed by atoms with Crippen molar-refractivity contribution in [2.24, 2.45) is 5.73 Å². The first kappa shape index (κ1) is 11.1. The van der Waals surface area contributed by atoms with E-state index in [0.717, 1.165) is 11.3 Å². The third kappa shape index (κ3) is 2.41. The van der Waals surface area contributed by atoms with Crippen molar-refractivity contribution in [3.05, 3.63) is 23.8 Å². The van der Waals surface area contributed by atoms with Crippen LogP contribution in [0.3, 0.4) is 0 Å². The molecule has 0 atom stereocenters. The van der Waals surface area contributed by atoms with Crippen molar-refractivity contribution in [1.82, 2.24) is 0 Å². The number of fused-ring (bicyclic) bond motifs is 1. The van der Waals surface area contributed by atoms with E-state index in [1.54, 1.807) is 18.2 Å². The molecule has 1 aliphatic heterocycles. The first-order chi connectivity index (χ1) is 8.06. The molecule has 88 valence electrons. The van der Waals surface area contributed by atoms with Crippen molar-refractivity contribution in [3.8, 4) is 0 Å². The van der Waals surface area contributed by atoms with Gasteiger partial charge in [-0.25, -0.2) is 0 Å². The smallest absolute Gasteiger partial charge is 0.313 e. The van der Waals surface area contributed by atoms with Crippen LogP contribution in [0.5, 0.6) is 0 Å². The van der Waals surface area contributed by atoms with Crippen LogP contribution in [0.25, 0.3) is 0 Å². The molecular formula is C11H11N3O3. The molecule has 0 aromatic heterocycles. The van der Waals surface area contributed by atoms with E-state index in [2.05, 4.69) is 10.6 Å². The number of hydrogen-bond acceptors (Lipinski definition) is 3. The average Bonchev–Trinajstić information content (AvgIpc) is 2.29. The first-order valence-electron chi connectivity index (χ1n) is 5.10. The van der Waals surface area contributed by atoms with Crippen LogP contribution in [0.15, 0.2) is 18.2 Å². The summed E-state index contributed by atoms with van der Waals surface area (Å²) in [5, 5.41) is 5.10. The molecule has 1 aliphatic rings. The number of hydrogen-bond donors (Lipinski definition) is 3. The number of nitrogens with one attached hydrogen (secondary N) is 2. The van der Waals surface area contributed by atoms with Crippen molar-refractivity contribution >= 4 is 29.1 Å². The lowest BCUT2D eigenvalue weighted by atomic mass is 10.0. The Balaban J connectivity index is 2.19. The lowest BCUT2D eigenvalue weighted by Crippen LogP contribution is -2.29. The third-order valence-electron chi connectivity index (χ3n) is 2.48. The number of aryl methyl sites for hydroxylation is 1. The van der Waals surface area contributed by atoms with Gasteiger partial charge in [-0.2, -0.15) is 0 Å². The van der Waals surface area contributed by atoms with Gasteiger partial charge in [0, 0.05) is 17.8 Å². The van der Waals surface area contributed by atoms with Crippen LogP contribution in [0.4, 0.5) is 11.4 Å². The van der Waals surface area contributed by atoms with Gasteiger partial charge in [0.05, 0.1) is 0 Å². The minimum absolute atomic E-state index is 0.0218. The van der Waals surface area contributed by atoms with Crippen molar-refractivity contribution in [2.75, 3.05) is 10.6 Å². The van der Waals surface area contributed by atoms with E-state index in [-0.39, 0.29) is 5.91 Å². The van der Waals surface area contributed by atoms with E-state index in [1.807, 2.05) is 0 Å². The van der Waals surface area contributed by atoms with Gasteiger partial charge in [-0.15, -0.1) is 0 Å². The summed E-state index contributed by atoms with van der Waals surface area (Å²) in [6.07, 6.45) is 1.03. The third-order valence-corrected chi connectivity index (χ3v) is 2.48. The first-order valence-corrected chi connectivity index (χ1v) is 5.10. The fourth-order valence-corrected chi connectivity index (χ4v) is 1.65. The highest BCUT2D eigenvalue weighted by Crippen LogP contribution is 2.25. The lowest BCUT2D eigenvalue weighted by molar-refractivity contribution is -0.134. The molecule has 0 saturated carbocycles. The normalized spacial score (nSPS) is 13.5. The summed E-state index contributed by atoms with van der Waals surface area (Å²) in [5.74, 6) is -1.91. The Hall–Kier alpha value is -2.37. The standard InChI is InChI=1S/C11H11N3O3/c12-10(16)11(17)13-7-2-3-8-6(5-7)1-4-9(15)14-8/h2-3,5H,1,4H2,(H2,12,16)(H,13,17)(H,14,15). The van der Waals surface area contributed by atoms with Crippen LogP contribution in [-0.2, 0) is 20.8 Å². The predicted octanol–water partition coefficient (Wildman–Crippen LogP) is -0.00490. The minimum atomic E-state index is -1.03. The van der Waals surface area contributed by atoms with Gasteiger partial charge in [-0.3, -0.25) is 14.4 Å². The zero-order chi connectivity index (χ0) is 12.4. The fourth-order valence-electron chi connectivity index (χ4n) is 1.65. The summed E-state index contributed by atoms with van der Waals surface area (Å²) in [6.45, 7) is 0. The predicted molar refractivity (Wildman–Crippen MR) is 61.2 cm³/mol. The SMILES string of the molecule is NC(=O)C(=O)Nc1ccc2c(c1)CCC(=O)N2. The quantitative estimate of drug-likeness (QED) is 0.595. The van der Waals surface area contributed by atoms with Gasteiger partial charge in [0.2, 0.25) is 5.91 Å². The summed E-state index contributed by atoms with van der Waals surface area (Å²) in [7, 11) is 0. The van der Waals surface area contributed by atoms with E-state index >= 15 is 0 Å². The number of amides is 3. The Labute approximate surface area is 97.2 Å². The molecule has 1 aromatic rings. The molecule has 0 unspecified atom stereocenters. The van der Waals surface area contributed by atoms with Crippen LogP contribution < -0.4 is 16.4 Å². The number of nitrogens with two attached hydrogens (primary N) is 1. The van der Waals surface area contributed by atoms with Crippen LogP contribution in [0.2, 0.25) is 0 Å². The molecule has 3 amide bonds. The highest BCUT2D eigenvalue weighted by Gasteiger charge is 2.16. The van der Waals surface area contributed by atoms with Gasteiger partial charge in [0.15, 0.2) is 0 Å². The second-order valence-corrected chi connectivity index (χ2v) is 3.74. The average molecular weight is 233 g/mol. The highest BCUT2D eigenvalue weighted by molar-refractivity contribution is 6.39. The molecule has 1 heterocycles. The Morgan fingerprint density at radius 2 is 2.06 bits per heavy atom. The molecule has 6 nitrogen and oxygen atoms in total. The van der Waals surface area contributed by atoms with Gasteiger partial charge < -0.3 is 16.4 Å². The molecule has 4 N–H and O–H groups in total. The number of carbonyl (C=O) groups excluding carboxylic acids is 3. The molecule has 1 aromatic carbocycles. The van der Waals surface area contributed by atoms with Crippen LogP contribution in [-0.4, -0.2) is 17.7 Å². The summed E-state index contributed by atoms with van der Waals surface area (Å²) in [6, 6.07) is 5.00. The van der Waals surface area contributed by atoms with Crippen molar-refractivity contribution in [1.29, 1.82) is 0 Å². The summed E-state index contributed by atoms with van der Waals surface area (Å²) >= 11 is 0. The topological polar surface area (TPSA) is 101 Å². The van der Waals surface area contributed by atoms with Crippen molar-refractivity contribution in [3.63, 3.8) is 0 Å². The Bertz CT molecular complexity index is 511. The molecular weight excluding hydrogens is 222 g/mol. The van der Waals surface area contributed by atoms with Crippen LogP contribution >= 0.6 is 0 Å². The molecule has 17 heavy (non-hydrogen) atoms. The Morgan fingerprint density at radius 3 is 2.76 bits per heavy atom. The maximum atomic E-state index is 11.1. The summed E-state index contributed by atoms with van der Waals surface area (Å²) in [5.41, 5.74) is 6.98. The largest absolute Gasteiger partial charge is 0.361 e. The monoisotopic (exact) mass is 233 g/mol. The highest BCUT2D eigenvalue weighted by atomic mass is 16.2. The lowest BCUT2D eigenvalue weighted by Gasteiger charge is -2.17. The Morgan fingerprint density at radius 1 is 1.29 bits per heavy atom. The van der Waals surface area contributed by atoms with E-state index in [9.17, 15) is 14.4 Å². The Kier molecular flexibility index (Phi) is 2.78. The molecule has 0 radical (unpaired) electrons. The number of primary amides is 1. The second-order valence-electron chi connectivity index (χ2n) is 3.74. The summed E-state index contributed by atoms with van der Waals surface area (Å²) < 4.78 is 0. The molecule has 0 aliphatic carbocycles. The summed E-state index contributed by atoms with van der Waals surface area (Å²) in [4.78, 5) is 32.8. The van der Waals surface area contributed by atoms with Gasteiger partial charge in [-0.05, 0) is 30.2 Å². The van der Waals surface area contributed by atoms with Gasteiger partial charge in [-0.1, -0.05) is 0 Å². The molecule has 0 spiro atoms. The maximum absolute atomic E-state index is 11.1. The van der Waals surface area contributed by atoms with Crippen molar-refractivity contribution < 1.29 is 14.4 Å². The minimum Gasteiger partial charge on any atom is -0.361 e. The van der Waals surface area contributed by atoms with E-state index in [4.69, 9.17) is 5.73 Å². The van der Waals surface area contributed by atoms with Crippen LogP contribution in [0, 0.1) is 0 Å². The zero-order valence-electron chi connectivity index (χ0n) is 8.95. The van der Waals surface area contributed by atoms with Gasteiger partial charge in [0.25, 0.3) is 0 Å². The second kappa shape index (κ2) is 4.25. The van der Waals surface area contributed by atoms with Gasteiger partial charge >= 0.3 is 11.8 Å². The van der Waals surface area contributed by atoms with E-state index in [0.29, 0.717) is 18.5 Å². The molecule has 2 rings (SSSR count). The van der Waals surface area contributed by atoms with E-state index < -0.39 is 11.8 Å². The maximum Gasteiger partial charge on any atom is 0.313 e. The number of rotatable bonds is 1. The number of carbonyl (C=O) groups is 3.